The van der Waals surface area contributed by atoms with Crippen LogP contribution >= 0.6 is 11.3 Å². The Morgan fingerprint density at radius 2 is 1.70 bits per heavy atom. The fourth-order valence-corrected chi connectivity index (χ4v) is 4.68. The topological polar surface area (TPSA) is 57.6 Å². The Bertz CT molecular complexity index is 1150. The van der Waals surface area contributed by atoms with Gasteiger partial charge in [-0.05, 0) is 48.6 Å². The summed E-state index contributed by atoms with van der Waals surface area (Å²) < 4.78 is 13.3. The van der Waals surface area contributed by atoms with Crippen molar-refractivity contribution >= 4 is 28.8 Å². The Hall–Kier alpha value is -3.25. The van der Waals surface area contributed by atoms with E-state index in [0.29, 0.717) is 11.1 Å². The SMILES string of the molecule is Cc1ccc(/C(O)=C2/C(=O)C(=O)N(Cc3ccc(F)cc3)C2c2sccc2C)cc1. The number of rotatable bonds is 4. The highest BCUT2D eigenvalue weighted by molar-refractivity contribution is 7.10. The van der Waals surface area contributed by atoms with Gasteiger partial charge in [0.05, 0.1) is 5.57 Å². The molecule has 2 heterocycles. The molecular formula is C24H20FNO3S. The lowest BCUT2D eigenvalue weighted by Gasteiger charge is -2.25. The normalized spacial score (nSPS) is 18.2. The second-order valence-electron chi connectivity index (χ2n) is 7.39. The summed E-state index contributed by atoms with van der Waals surface area (Å²) in [6.45, 7) is 3.98. The predicted molar refractivity (Wildman–Crippen MR) is 114 cm³/mol. The van der Waals surface area contributed by atoms with Crippen LogP contribution < -0.4 is 0 Å². The summed E-state index contributed by atoms with van der Waals surface area (Å²) in [4.78, 5) is 28.2. The zero-order valence-corrected chi connectivity index (χ0v) is 17.4. The summed E-state index contributed by atoms with van der Waals surface area (Å²) >= 11 is 1.44. The van der Waals surface area contributed by atoms with Gasteiger partial charge in [-0.1, -0.05) is 42.0 Å². The monoisotopic (exact) mass is 421 g/mol. The highest BCUT2D eigenvalue weighted by atomic mass is 32.1. The molecule has 2 aromatic carbocycles. The smallest absolute Gasteiger partial charge is 0.295 e. The van der Waals surface area contributed by atoms with Gasteiger partial charge in [-0.3, -0.25) is 9.59 Å². The number of nitrogens with zero attached hydrogens (tertiary/aromatic N) is 1. The summed E-state index contributed by atoms with van der Waals surface area (Å²) in [5, 5.41) is 12.9. The zero-order valence-electron chi connectivity index (χ0n) is 16.6. The summed E-state index contributed by atoms with van der Waals surface area (Å²) in [6, 6.07) is 14.2. The van der Waals surface area contributed by atoms with E-state index in [4.69, 9.17) is 0 Å². The molecule has 3 aromatic rings. The van der Waals surface area contributed by atoms with Gasteiger partial charge in [-0.2, -0.15) is 0 Å². The summed E-state index contributed by atoms with van der Waals surface area (Å²) in [6.07, 6.45) is 0. The molecule has 1 N–H and O–H groups in total. The Morgan fingerprint density at radius 1 is 1.03 bits per heavy atom. The van der Waals surface area contributed by atoms with Gasteiger partial charge in [-0.15, -0.1) is 11.3 Å². The van der Waals surface area contributed by atoms with Crippen LogP contribution in [0.3, 0.4) is 0 Å². The summed E-state index contributed by atoms with van der Waals surface area (Å²) in [5.41, 5.74) is 3.23. The fourth-order valence-electron chi connectivity index (χ4n) is 3.63. The number of Topliss-reactive ketones (excluding diaryl/α,β-unsaturated/α-hetero) is 1. The van der Waals surface area contributed by atoms with Crippen LogP contribution in [-0.2, 0) is 16.1 Å². The van der Waals surface area contributed by atoms with Crippen molar-refractivity contribution < 1.29 is 19.1 Å². The largest absolute Gasteiger partial charge is 0.507 e. The van der Waals surface area contributed by atoms with E-state index in [1.54, 1.807) is 24.3 Å². The standard InChI is InChI=1S/C24H20FNO3S/c1-14-3-7-17(8-4-14)21(27)19-20(23-15(2)11-12-30-23)26(24(29)22(19)28)13-16-5-9-18(25)10-6-16/h3-12,20,27H,13H2,1-2H3/b21-19-. The van der Waals surface area contributed by atoms with Crippen LogP contribution in [0, 0.1) is 19.7 Å². The summed E-state index contributed by atoms with van der Waals surface area (Å²) in [5.74, 6) is -1.95. The number of carbonyl (C=O) groups is 2. The Morgan fingerprint density at radius 3 is 2.30 bits per heavy atom. The third-order valence-electron chi connectivity index (χ3n) is 5.28. The molecule has 1 atom stereocenters. The predicted octanol–water partition coefficient (Wildman–Crippen LogP) is 5.13. The van der Waals surface area contributed by atoms with Gasteiger partial charge in [0, 0.05) is 17.0 Å². The molecule has 4 rings (SSSR count). The molecule has 6 heteroatoms. The third kappa shape index (κ3) is 3.55. The van der Waals surface area contributed by atoms with Gasteiger partial charge in [0.1, 0.15) is 17.6 Å². The highest BCUT2D eigenvalue weighted by Gasteiger charge is 2.47. The number of benzene rings is 2. The first-order chi connectivity index (χ1) is 14.4. The van der Waals surface area contributed by atoms with Crippen molar-refractivity contribution in [1.29, 1.82) is 0 Å². The maximum absolute atomic E-state index is 13.3. The third-order valence-corrected chi connectivity index (χ3v) is 6.35. The number of ketones is 1. The van der Waals surface area contributed by atoms with Crippen molar-refractivity contribution in [2.24, 2.45) is 0 Å². The molecule has 1 fully saturated rings. The van der Waals surface area contributed by atoms with Crippen LogP contribution in [0.2, 0.25) is 0 Å². The molecule has 0 spiro atoms. The molecule has 152 valence electrons. The van der Waals surface area contributed by atoms with Crippen LogP contribution in [0.1, 0.15) is 33.2 Å². The molecule has 1 amide bonds. The molecule has 0 radical (unpaired) electrons. The Kier molecular flexibility index (Phi) is 5.26. The van der Waals surface area contributed by atoms with E-state index < -0.39 is 17.7 Å². The number of thiophene rings is 1. The molecule has 0 aliphatic carbocycles. The molecule has 4 nitrogen and oxygen atoms in total. The second-order valence-corrected chi connectivity index (χ2v) is 8.34. The second kappa shape index (κ2) is 7.88. The summed E-state index contributed by atoms with van der Waals surface area (Å²) in [7, 11) is 0. The van der Waals surface area contributed by atoms with Crippen LogP contribution in [0.15, 0.2) is 65.6 Å². The van der Waals surface area contributed by atoms with E-state index >= 15 is 0 Å². The number of carbonyl (C=O) groups excluding carboxylic acids is 2. The highest BCUT2D eigenvalue weighted by Crippen LogP contribution is 2.43. The van der Waals surface area contributed by atoms with Gasteiger partial charge in [-0.25, -0.2) is 4.39 Å². The van der Waals surface area contributed by atoms with E-state index in [9.17, 15) is 19.1 Å². The molecule has 1 aliphatic rings. The van der Waals surface area contributed by atoms with Crippen LogP contribution in [0.25, 0.3) is 5.76 Å². The minimum Gasteiger partial charge on any atom is -0.507 e. The van der Waals surface area contributed by atoms with Crippen LogP contribution in [0.5, 0.6) is 0 Å². The first kappa shape index (κ1) is 20.0. The molecule has 0 saturated carbocycles. The lowest BCUT2D eigenvalue weighted by atomic mass is 9.98. The van der Waals surface area contributed by atoms with Gasteiger partial charge < -0.3 is 10.0 Å². The number of aryl methyl sites for hydroxylation is 2. The Labute approximate surface area is 177 Å². The zero-order chi connectivity index (χ0) is 21.4. The number of likely N-dealkylation sites (tertiary alicyclic amines) is 1. The number of hydrogen-bond acceptors (Lipinski definition) is 4. The number of aliphatic hydroxyl groups is 1. The molecule has 1 saturated heterocycles. The molecule has 30 heavy (non-hydrogen) atoms. The molecule has 1 aliphatic heterocycles. The van der Waals surface area contributed by atoms with E-state index in [-0.39, 0.29) is 23.7 Å². The minimum absolute atomic E-state index is 0.0801. The van der Waals surface area contributed by atoms with E-state index in [2.05, 4.69) is 0 Å². The van der Waals surface area contributed by atoms with E-state index in [1.807, 2.05) is 37.4 Å². The first-order valence-electron chi connectivity index (χ1n) is 9.50. The van der Waals surface area contributed by atoms with Gasteiger partial charge in [0.25, 0.3) is 11.7 Å². The van der Waals surface area contributed by atoms with Gasteiger partial charge in [0.15, 0.2) is 0 Å². The van der Waals surface area contributed by atoms with Gasteiger partial charge >= 0.3 is 0 Å². The quantitative estimate of drug-likeness (QED) is 0.361. The number of hydrogen-bond donors (Lipinski definition) is 1. The minimum atomic E-state index is -0.715. The van der Waals surface area contributed by atoms with Crippen molar-refractivity contribution in [1.82, 2.24) is 4.90 Å². The van der Waals surface area contributed by atoms with Crippen molar-refractivity contribution in [2.45, 2.75) is 26.4 Å². The van der Waals surface area contributed by atoms with Crippen molar-refractivity contribution in [3.63, 3.8) is 0 Å². The number of amides is 1. The van der Waals surface area contributed by atoms with E-state index in [1.165, 1.54) is 28.4 Å². The maximum Gasteiger partial charge on any atom is 0.295 e. The van der Waals surface area contributed by atoms with Crippen LogP contribution in [0.4, 0.5) is 4.39 Å². The average molecular weight is 421 g/mol. The van der Waals surface area contributed by atoms with E-state index in [0.717, 1.165) is 16.0 Å². The molecular weight excluding hydrogens is 401 g/mol. The molecule has 1 aromatic heterocycles. The first-order valence-corrected chi connectivity index (χ1v) is 10.4. The number of aliphatic hydroxyl groups excluding tert-OH is 1. The maximum atomic E-state index is 13.3. The molecule has 1 unspecified atom stereocenters. The number of halogens is 1. The fraction of sp³-hybridized carbons (Fsp3) is 0.167. The van der Waals surface area contributed by atoms with Crippen molar-refractivity contribution in [2.75, 3.05) is 0 Å². The lowest BCUT2D eigenvalue weighted by Crippen LogP contribution is -2.29. The van der Waals surface area contributed by atoms with Crippen molar-refractivity contribution in [3.8, 4) is 0 Å². The average Bonchev–Trinajstić information content (AvgIpc) is 3.25. The molecule has 0 bridgehead atoms. The van der Waals surface area contributed by atoms with Crippen molar-refractivity contribution in [3.05, 3.63) is 98.5 Å². The lowest BCUT2D eigenvalue weighted by molar-refractivity contribution is -0.140. The van der Waals surface area contributed by atoms with Gasteiger partial charge in [0.2, 0.25) is 0 Å². The van der Waals surface area contributed by atoms with Crippen LogP contribution in [-0.4, -0.2) is 21.7 Å². The Balaban J connectivity index is 1.84.